The van der Waals surface area contributed by atoms with Crippen molar-refractivity contribution < 1.29 is 9.53 Å². The van der Waals surface area contributed by atoms with E-state index in [0.717, 1.165) is 16.7 Å². The molecule has 0 radical (unpaired) electrons. The molecule has 1 rings (SSSR count). The molecule has 0 aliphatic carbocycles. The van der Waals surface area contributed by atoms with E-state index in [1.165, 1.54) is 7.11 Å². The summed E-state index contributed by atoms with van der Waals surface area (Å²) in [6, 6.07) is 3.66. The Kier molecular flexibility index (Phi) is 3.35. The Balaban J connectivity index is 3.14. The molecule has 0 heterocycles. The third-order valence-corrected chi connectivity index (χ3v) is 2.03. The second kappa shape index (κ2) is 4.52. The smallest absolute Gasteiger partial charge is 0.384 e. The van der Waals surface area contributed by atoms with Crippen LogP contribution in [0.4, 0.5) is 5.69 Å². The van der Waals surface area contributed by atoms with Crippen molar-refractivity contribution in [2.24, 2.45) is 0 Å². The molecule has 0 amide bonds. The zero-order valence-corrected chi connectivity index (χ0v) is 9.05. The molecule has 0 spiro atoms. The maximum absolute atomic E-state index is 10.9. The zero-order valence-electron chi connectivity index (χ0n) is 9.05. The topological polar surface area (TPSA) is 52.3 Å². The van der Waals surface area contributed by atoms with Crippen LogP contribution < -0.4 is 5.73 Å². The van der Waals surface area contributed by atoms with Crippen LogP contribution in [0.15, 0.2) is 12.1 Å². The average Bonchev–Trinajstić information content (AvgIpc) is 2.15. The van der Waals surface area contributed by atoms with Gasteiger partial charge in [-0.05, 0) is 37.1 Å². The minimum absolute atomic E-state index is 0.536. The molecule has 2 N–H and O–H groups in total. The van der Waals surface area contributed by atoms with E-state index >= 15 is 0 Å². The van der Waals surface area contributed by atoms with Crippen LogP contribution in [0.3, 0.4) is 0 Å². The van der Waals surface area contributed by atoms with Crippen molar-refractivity contribution >= 4 is 11.7 Å². The molecule has 0 atom stereocenters. The van der Waals surface area contributed by atoms with E-state index in [-0.39, 0.29) is 0 Å². The number of aryl methyl sites for hydroxylation is 2. The van der Waals surface area contributed by atoms with Crippen LogP contribution in [0, 0.1) is 25.7 Å². The summed E-state index contributed by atoms with van der Waals surface area (Å²) < 4.78 is 4.44. The van der Waals surface area contributed by atoms with Crippen LogP contribution in [-0.2, 0) is 9.53 Å². The van der Waals surface area contributed by atoms with E-state index in [1.54, 1.807) is 0 Å². The van der Waals surface area contributed by atoms with Gasteiger partial charge in [-0.3, -0.25) is 0 Å². The van der Waals surface area contributed by atoms with Crippen molar-refractivity contribution in [3.8, 4) is 11.8 Å². The summed E-state index contributed by atoms with van der Waals surface area (Å²) in [6.07, 6.45) is 0. The van der Waals surface area contributed by atoms with Gasteiger partial charge >= 0.3 is 5.97 Å². The van der Waals surface area contributed by atoms with Gasteiger partial charge in [-0.2, -0.15) is 0 Å². The standard InChI is InChI=1S/C12H13NO2/c1-8-6-10(13)7-9(2)11(8)4-5-12(14)15-3/h6-7H,13H2,1-3H3. The number of methoxy groups -OCH3 is 1. The van der Waals surface area contributed by atoms with Crippen LogP contribution in [0.1, 0.15) is 16.7 Å². The highest BCUT2D eigenvalue weighted by atomic mass is 16.5. The number of rotatable bonds is 0. The van der Waals surface area contributed by atoms with Crippen molar-refractivity contribution in [2.45, 2.75) is 13.8 Å². The van der Waals surface area contributed by atoms with Gasteiger partial charge in [0.1, 0.15) is 0 Å². The number of nitrogen functional groups attached to an aromatic ring is 1. The van der Waals surface area contributed by atoms with Gasteiger partial charge in [0.15, 0.2) is 0 Å². The Morgan fingerprint density at radius 3 is 2.33 bits per heavy atom. The summed E-state index contributed by atoms with van der Waals surface area (Å²) in [5.74, 6) is 4.64. The summed E-state index contributed by atoms with van der Waals surface area (Å²) in [5.41, 5.74) is 9.13. The van der Waals surface area contributed by atoms with Crippen molar-refractivity contribution in [2.75, 3.05) is 12.8 Å². The Morgan fingerprint density at radius 2 is 1.87 bits per heavy atom. The third-order valence-electron chi connectivity index (χ3n) is 2.03. The molecule has 0 aliphatic heterocycles. The van der Waals surface area contributed by atoms with Gasteiger partial charge in [0.25, 0.3) is 0 Å². The first-order chi connectivity index (χ1) is 7.04. The fraction of sp³-hybridized carbons (Fsp3) is 0.250. The lowest BCUT2D eigenvalue weighted by atomic mass is 10.0. The number of carbonyl (C=O) groups excluding carboxylic acids is 1. The van der Waals surface area contributed by atoms with Crippen LogP contribution in [-0.4, -0.2) is 13.1 Å². The van der Waals surface area contributed by atoms with E-state index < -0.39 is 5.97 Å². The minimum atomic E-state index is -0.536. The number of carbonyl (C=O) groups is 1. The van der Waals surface area contributed by atoms with Crippen molar-refractivity contribution in [1.29, 1.82) is 0 Å². The van der Waals surface area contributed by atoms with Gasteiger partial charge in [-0.15, -0.1) is 0 Å². The Hall–Kier alpha value is -1.95. The lowest BCUT2D eigenvalue weighted by Gasteiger charge is -2.04. The summed E-state index contributed by atoms with van der Waals surface area (Å²) in [6.45, 7) is 3.81. The van der Waals surface area contributed by atoms with Gasteiger partial charge in [0, 0.05) is 17.2 Å². The Morgan fingerprint density at radius 1 is 1.33 bits per heavy atom. The predicted molar refractivity (Wildman–Crippen MR) is 59.2 cm³/mol. The van der Waals surface area contributed by atoms with E-state index in [9.17, 15) is 4.79 Å². The molecule has 0 saturated heterocycles. The van der Waals surface area contributed by atoms with E-state index in [2.05, 4.69) is 16.6 Å². The fourth-order valence-corrected chi connectivity index (χ4v) is 1.36. The average molecular weight is 203 g/mol. The van der Waals surface area contributed by atoms with E-state index in [0.29, 0.717) is 5.69 Å². The molecule has 3 nitrogen and oxygen atoms in total. The number of benzene rings is 1. The van der Waals surface area contributed by atoms with Crippen molar-refractivity contribution in [3.05, 3.63) is 28.8 Å². The normalized spacial score (nSPS) is 9.00. The molecular formula is C12H13NO2. The monoisotopic (exact) mass is 203 g/mol. The number of nitrogens with two attached hydrogens (primary N) is 1. The molecule has 0 aromatic heterocycles. The largest absolute Gasteiger partial charge is 0.459 e. The first-order valence-electron chi connectivity index (χ1n) is 4.51. The first kappa shape index (κ1) is 11.1. The van der Waals surface area contributed by atoms with Gasteiger partial charge in [0.2, 0.25) is 0 Å². The van der Waals surface area contributed by atoms with Gasteiger partial charge in [0.05, 0.1) is 7.11 Å². The molecule has 1 aromatic carbocycles. The molecule has 3 heteroatoms. The SMILES string of the molecule is COC(=O)C#Cc1c(C)cc(N)cc1C. The third kappa shape index (κ3) is 2.75. The molecule has 0 saturated carbocycles. The first-order valence-corrected chi connectivity index (χ1v) is 4.51. The Bertz CT molecular complexity index is 429. The predicted octanol–water partition coefficient (Wildman–Crippen LogP) is 1.41. The highest BCUT2D eigenvalue weighted by Gasteiger charge is 2.01. The Labute approximate surface area is 89.2 Å². The maximum atomic E-state index is 10.9. The highest BCUT2D eigenvalue weighted by Crippen LogP contribution is 2.16. The van der Waals surface area contributed by atoms with Crippen LogP contribution >= 0.6 is 0 Å². The number of ether oxygens (including phenoxy) is 1. The number of hydrogen-bond donors (Lipinski definition) is 1. The van der Waals surface area contributed by atoms with Crippen LogP contribution in [0.5, 0.6) is 0 Å². The molecule has 78 valence electrons. The summed E-state index contributed by atoms with van der Waals surface area (Å²) >= 11 is 0. The fourth-order valence-electron chi connectivity index (χ4n) is 1.36. The van der Waals surface area contributed by atoms with Crippen LogP contribution in [0.25, 0.3) is 0 Å². The van der Waals surface area contributed by atoms with Gasteiger partial charge < -0.3 is 10.5 Å². The maximum Gasteiger partial charge on any atom is 0.384 e. The number of esters is 1. The summed E-state index contributed by atoms with van der Waals surface area (Å²) in [7, 11) is 1.31. The molecular weight excluding hydrogens is 190 g/mol. The summed E-state index contributed by atoms with van der Waals surface area (Å²) in [4.78, 5) is 10.9. The lowest BCUT2D eigenvalue weighted by molar-refractivity contribution is -0.133. The second-order valence-electron chi connectivity index (χ2n) is 3.27. The molecule has 0 unspecified atom stereocenters. The zero-order chi connectivity index (χ0) is 11.4. The number of anilines is 1. The highest BCUT2D eigenvalue weighted by molar-refractivity contribution is 5.89. The van der Waals surface area contributed by atoms with Crippen LogP contribution in [0.2, 0.25) is 0 Å². The van der Waals surface area contributed by atoms with Crippen molar-refractivity contribution in [1.82, 2.24) is 0 Å². The lowest BCUT2D eigenvalue weighted by Crippen LogP contribution is -1.96. The molecule has 0 fully saturated rings. The second-order valence-corrected chi connectivity index (χ2v) is 3.27. The van der Waals surface area contributed by atoms with E-state index in [4.69, 9.17) is 5.73 Å². The van der Waals surface area contributed by atoms with Gasteiger partial charge in [-0.1, -0.05) is 5.92 Å². The molecule has 0 aliphatic rings. The molecule has 1 aromatic rings. The van der Waals surface area contributed by atoms with E-state index in [1.807, 2.05) is 26.0 Å². The number of hydrogen-bond acceptors (Lipinski definition) is 3. The summed E-state index contributed by atoms with van der Waals surface area (Å²) in [5, 5.41) is 0. The molecule has 0 bridgehead atoms. The minimum Gasteiger partial charge on any atom is -0.459 e. The quantitative estimate of drug-likeness (QED) is 0.394. The van der Waals surface area contributed by atoms with Crippen molar-refractivity contribution in [3.63, 3.8) is 0 Å². The van der Waals surface area contributed by atoms with Gasteiger partial charge in [-0.25, -0.2) is 4.79 Å². The molecule has 15 heavy (non-hydrogen) atoms.